The minimum Gasteiger partial charge on any atom is -0.377 e. The number of ether oxygens (including phenoxy) is 1. The van der Waals surface area contributed by atoms with Gasteiger partial charge < -0.3 is 15.0 Å². The first-order valence-corrected chi connectivity index (χ1v) is 9.36. The van der Waals surface area contributed by atoms with Gasteiger partial charge in [0.1, 0.15) is 0 Å². The Kier molecular flexibility index (Phi) is 4.65. The Hall–Kier alpha value is -1.14. The van der Waals surface area contributed by atoms with E-state index in [1.165, 1.54) is 0 Å². The van der Waals surface area contributed by atoms with Gasteiger partial charge in [-0.25, -0.2) is 4.98 Å². The topological polar surface area (TPSA) is 49.8 Å². The largest absolute Gasteiger partial charge is 0.377 e. The van der Waals surface area contributed by atoms with Crippen molar-refractivity contribution < 1.29 is 4.74 Å². The van der Waals surface area contributed by atoms with E-state index in [9.17, 15) is 0 Å². The summed E-state index contributed by atoms with van der Waals surface area (Å²) in [4.78, 5) is 11.4. The lowest BCUT2D eigenvalue weighted by molar-refractivity contribution is -0.107. The van der Waals surface area contributed by atoms with Crippen molar-refractivity contribution in [1.82, 2.24) is 15.2 Å². The zero-order valence-corrected chi connectivity index (χ0v) is 15.6. The second-order valence-corrected chi connectivity index (χ2v) is 8.26. The highest BCUT2D eigenvalue weighted by atomic mass is 32.1. The number of hydrogen-bond donors (Lipinski definition) is 1. The molecule has 3 rings (SSSR count). The summed E-state index contributed by atoms with van der Waals surface area (Å²) in [5.74, 6) is 1.59. The van der Waals surface area contributed by atoms with Gasteiger partial charge in [0.15, 0.2) is 5.96 Å². The van der Waals surface area contributed by atoms with Crippen molar-refractivity contribution in [2.45, 2.75) is 52.8 Å². The molecule has 3 atom stereocenters. The number of aromatic nitrogens is 1. The second kappa shape index (κ2) is 6.40. The first kappa shape index (κ1) is 16.7. The van der Waals surface area contributed by atoms with E-state index < -0.39 is 0 Å². The van der Waals surface area contributed by atoms with Crippen LogP contribution in [0, 0.1) is 18.3 Å². The fraction of sp³-hybridized carbons (Fsp3) is 0.765. The maximum atomic E-state index is 5.90. The van der Waals surface area contributed by atoms with E-state index in [4.69, 9.17) is 9.73 Å². The number of hydrogen-bond acceptors (Lipinski definition) is 4. The smallest absolute Gasteiger partial charge is 0.194 e. The summed E-state index contributed by atoms with van der Waals surface area (Å²) in [5.41, 5.74) is 1.27. The van der Waals surface area contributed by atoms with E-state index in [1.807, 2.05) is 6.92 Å². The van der Waals surface area contributed by atoms with Gasteiger partial charge in [0.05, 0.1) is 23.4 Å². The molecule has 1 aromatic heterocycles. The first-order valence-electron chi connectivity index (χ1n) is 8.48. The van der Waals surface area contributed by atoms with Crippen molar-refractivity contribution in [2.75, 3.05) is 20.2 Å². The Labute approximate surface area is 143 Å². The summed E-state index contributed by atoms with van der Waals surface area (Å²) in [5, 5.41) is 6.96. The van der Waals surface area contributed by atoms with Crippen LogP contribution in [0.5, 0.6) is 0 Å². The molecule has 5 nitrogen and oxygen atoms in total. The Morgan fingerprint density at radius 2 is 2.35 bits per heavy atom. The van der Waals surface area contributed by atoms with Crippen LogP contribution in [0.1, 0.15) is 37.9 Å². The minimum absolute atomic E-state index is 0.160. The molecule has 3 unspecified atom stereocenters. The van der Waals surface area contributed by atoms with Gasteiger partial charge in [0, 0.05) is 43.0 Å². The van der Waals surface area contributed by atoms with Gasteiger partial charge in [-0.1, -0.05) is 13.8 Å². The fourth-order valence-electron chi connectivity index (χ4n) is 3.98. The highest BCUT2D eigenvalue weighted by Crippen LogP contribution is 2.52. The van der Waals surface area contributed by atoms with Crippen LogP contribution in [0.25, 0.3) is 0 Å². The summed E-state index contributed by atoms with van der Waals surface area (Å²) >= 11 is 1.70. The summed E-state index contributed by atoms with van der Waals surface area (Å²) < 4.78 is 5.90. The van der Waals surface area contributed by atoms with Crippen LogP contribution in [0.2, 0.25) is 0 Å². The van der Waals surface area contributed by atoms with Crippen LogP contribution in [-0.2, 0) is 11.3 Å². The average Bonchev–Trinajstić information content (AvgIpc) is 3.11. The predicted octanol–water partition coefficient (Wildman–Crippen LogP) is 2.66. The summed E-state index contributed by atoms with van der Waals surface area (Å²) in [6, 6.07) is 0.430. The van der Waals surface area contributed by atoms with Crippen molar-refractivity contribution in [1.29, 1.82) is 0 Å². The molecule has 0 bridgehead atoms. The number of rotatable bonds is 4. The molecule has 0 spiro atoms. The normalized spacial score (nSPS) is 29.1. The molecule has 2 fully saturated rings. The third-order valence-electron chi connectivity index (χ3n) is 5.12. The van der Waals surface area contributed by atoms with Crippen molar-refractivity contribution in [2.24, 2.45) is 16.3 Å². The zero-order valence-electron chi connectivity index (χ0n) is 14.8. The molecule has 0 radical (unpaired) electrons. The van der Waals surface area contributed by atoms with Crippen LogP contribution in [0.15, 0.2) is 10.4 Å². The van der Waals surface area contributed by atoms with Crippen molar-refractivity contribution in [3.05, 3.63) is 16.1 Å². The van der Waals surface area contributed by atoms with Crippen molar-refractivity contribution in [3.8, 4) is 0 Å². The predicted molar refractivity (Wildman–Crippen MR) is 94.8 cm³/mol. The zero-order chi connectivity index (χ0) is 16.6. The average molecular weight is 337 g/mol. The van der Waals surface area contributed by atoms with Gasteiger partial charge in [-0.3, -0.25) is 4.99 Å². The van der Waals surface area contributed by atoms with Crippen LogP contribution >= 0.6 is 11.3 Å². The second-order valence-electron chi connectivity index (χ2n) is 7.20. The summed E-state index contributed by atoms with van der Waals surface area (Å²) in [6.45, 7) is 11.2. The van der Waals surface area contributed by atoms with Crippen LogP contribution < -0.4 is 5.32 Å². The molecule has 0 aromatic carbocycles. The number of aliphatic imine (C=N–C) groups is 1. The number of nitrogens with one attached hydrogen (secondary N) is 1. The first-order chi connectivity index (χ1) is 10.9. The third-order valence-corrected chi connectivity index (χ3v) is 5.94. The molecule has 2 heterocycles. The highest BCUT2D eigenvalue weighted by molar-refractivity contribution is 7.09. The lowest BCUT2D eigenvalue weighted by Gasteiger charge is -2.55. The van der Waals surface area contributed by atoms with Crippen LogP contribution in [-0.4, -0.2) is 48.2 Å². The Balaban J connectivity index is 1.68. The van der Waals surface area contributed by atoms with E-state index in [0.29, 0.717) is 18.1 Å². The molecule has 1 aromatic rings. The number of nitrogens with zero attached hydrogens (tertiary/aromatic N) is 3. The Morgan fingerprint density at radius 3 is 3.00 bits per heavy atom. The number of fused-ring (bicyclic) bond motifs is 1. The molecule has 0 amide bonds. The quantitative estimate of drug-likeness (QED) is 0.678. The molecule has 23 heavy (non-hydrogen) atoms. The molecule has 1 saturated carbocycles. The summed E-state index contributed by atoms with van der Waals surface area (Å²) in [7, 11) is 2.09. The maximum absolute atomic E-state index is 5.90. The molecule has 2 aliphatic rings. The fourth-order valence-corrected chi connectivity index (χ4v) is 4.59. The van der Waals surface area contributed by atoms with E-state index in [1.54, 1.807) is 11.3 Å². The molecular formula is C17H28N4OS. The number of aryl methyl sites for hydroxylation is 1. The molecule has 6 heteroatoms. The number of thiazole rings is 1. The Morgan fingerprint density at radius 1 is 1.57 bits per heavy atom. The molecule has 1 aliphatic carbocycles. The maximum Gasteiger partial charge on any atom is 0.194 e. The lowest BCUT2D eigenvalue weighted by Crippen LogP contribution is -2.67. The van der Waals surface area contributed by atoms with E-state index >= 15 is 0 Å². The SMILES string of the molecule is CCN=C(NC1C2CCOC2C1(C)C)N(C)Cc1csc(C)n1. The molecule has 1 N–H and O–H groups in total. The van der Waals surface area contributed by atoms with Crippen molar-refractivity contribution >= 4 is 17.3 Å². The summed E-state index contributed by atoms with van der Waals surface area (Å²) in [6.07, 6.45) is 1.55. The van der Waals surface area contributed by atoms with Gasteiger partial charge in [-0.15, -0.1) is 11.3 Å². The minimum atomic E-state index is 0.160. The Bertz CT molecular complexity index is 583. The monoisotopic (exact) mass is 336 g/mol. The van der Waals surface area contributed by atoms with E-state index in [-0.39, 0.29) is 5.41 Å². The number of guanidine groups is 1. The molecule has 128 valence electrons. The van der Waals surface area contributed by atoms with E-state index in [2.05, 4.69) is 48.4 Å². The van der Waals surface area contributed by atoms with Gasteiger partial charge in [0.25, 0.3) is 0 Å². The van der Waals surface area contributed by atoms with E-state index in [0.717, 1.165) is 42.8 Å². The molecule has 1 saturated heterocycles. The van der Waals surface area contributed by atoms with Crippen LogP contribution in [0.4, 0.5) is 0 Å². The van der Waals surface area contributed by atoms with Gasteiger partial charge in [0.2, 0.25) is 0 Å². The highest BCUT2D eigenvalue weighted by Gasteiger charge is 2.59. The van der Waals surface area contributed by atoms with Gasteiger partial charge >= 0.3 is 0 Å². The molecular weight excluding hydrogens is 308 g/mol. The van der Waals surface area contributed by atoms with Gasteiger partial charge in [-0.2, -0.15) is 0 Å². The molecule has 1 aliphatic heterocycles. The van der Waals surface area contributed by atoms with Crippen LogP contribution in [0.3, 0.4) is 0 Å². The van der Waals surface area contributed by atoms with Gasteiger partial charge in [-0.05, 0) is 20.3 Å². The lowest BCUT2D eigenvalue weighted by atomic mass is 9.57. The van der Waals surface area contributed by atoms with Crippen molar-refractivity contribution in [3.63, 3.8) is 0 Å². The third kappa shape index (κ3) is 3.11. The standard InChI is InChI=1S/C17H28N4OS/c1-6-18-16(21(5)9-12-10-23-11(2)19-12)20-14-13-7-8-22-15(13)17(14,3)4/h10,13-15H,6-9H2,1-5H3,(H,18,20).